The minimum atomic E-state index is -0.304. The van der Waals surface area contributed by atoms with Crippen molar-refractivity contribution in [2.45, 2.75) is 25.6 Å². The van der Waals surface area contributed by atoms with Crippen LogP contribution in [0.2, 0.25) is 5.02 Å². The smallest absolute Gasteiger partial charge is 0.191 e. The molecule has 9 heteroatoms. The average molecular weight is 423 g/mol. The van der Waals surface area contributed by atoms with Crippen LogP contribution >= 0.6 is 11.6 Å². The number of ether oxygens (including phenoxy) is 1. The van der Waals surface area contributed by atoms with Gasteiger partial charge in [-0.1, -0.05) is 17.7 Å². The molecule has 29 heavy (non-hydrogen) atoms. The number of nitrogens with zero attached hydrogens (tertiary/aromatic N) is 4. The highest BCUT2D eigenvalue weighted by Gasteiger charge is 2.29. The van der Waals surface area contributed by atoms with Gasteiger partial charge in [0, 0.05) is 50.5 Å². The normalized spacial score (nSPS) is 19.2. The van der Waals surface area contributed by atoms with Crippen molar-refractivity contribution in [3.63, 3.8) is 0 Å². The number of aromatic nitrogens is 2. The van der Waals surface area contributed by atoms with Crippen LogP contribution in [0.4, 0.5) is 4.39 Å². The first-order valence-electron chi connectivity index (χ1n) is 9.70. The van der Waals surface area contributed by atoms with Crippen LogP contribution in [-0.4, -0.2) is 60.0 Å². The molecule has 1 fully saturated rings. The number of morpholine rings is 1. The van der Waals surface area contributed by atoms with Crippen LogP contribution in [0.5, 0.6) is 0 Å². The van der Waals surface area contributed by atoms with E-state index in [1.54, 1.807) is 30.1 Å². The van der Waals surface area contributed by atoms with Crippen molar-refractivity contribution in [2.75, 3.05) is 33.3 Å². The number of aryl methyl sites for hydroxylation is 1. The molecule has 0 amide bonds. The van der Waals surface area contributed by atoms with Gasteiger partial charge in [-0.05, 0) is 25.1 Å². The number of benzene rings is 1. The average Bonchev–Trinajstić information content (AvgIpc) is 3.11. The number of halogens is 2. The summed E-state index contributed by atoms with van der Waals surface area (Å²) in [4.78, 5) is 6.49. The number of hydrogen-bond donors (Lipinski definition) is 2. The van der Waals surface area contributed by atoms with Gasteiger partial charge in [0.05, 0.1) is 31.0 Å². The summed E-state index contributed by atoms with van der Waals surface area (Å²) in [5, 5.41) is 11.2. The molecule has 1 aliphatic heterocycles. The van der Waals surface area contributed by atoms with Crippen LogP contribution < -0.4 is 10.6 Å². The Kier molecular flexibility index (Phi) is 7.46. The molecule has 0 saturated carbocycles. The SMILES string of the molecule is CN=C(NCc1ccnn1C)NCC(c1c(F)cccc1Cl)N1CCOC(C)C1. The van der Waals surface area contributed by atoms with Gasteiger partial charge in [-0.15, -0.1) is 0 Å². The molecule has 1 aromatic carbocycles. The third-order valence-corrected chi connectivity index (χ3v) is 5.42. The summed E-state index contributed by atoms with van der Waals surface area (Å²) < 4.78 is 22.2. The van der Waals surface area contributed by atoms with Gasteiger partial charge in [0.15, 0.2) is 5.96 Å². The fourth-order valence-corrected chi connectivity index (χ4v) is 3.82. The van der Waals surface area contributed by atoms with Gasteiger partial charge in [0.25, 0.3) is 0 Å². The highest BCUT2D eigenvalue weighted by Crippen LogP contribution is 2.31. The third kappa shape index (κ3) is 5.46. The largest absolute Gasteiger partial charge is 0.376 e. The van der Waals surface area contributed by atoms with Gasteiger partial charge in [-0.2, -0.15) is 5.10 Å². The zero-order valence-corrected chi connectivity index (χ0v) is 17.8. The van der Waals surface area contributed by atoms with E-state index in [1.807, 2.05) is 20.0 Å². The number of nitrogens with one attached hydrogen (secondary N) is 2. The minimum absolute atomic E-state index is 0.0825. The van der Waals surface area contributed by atoms with Crippen molar-refractivity contribution < 1.29 is 9.13 Å². The van der Waals surface area contributed by atoms with Crippen LogP contribution in [0.1, 0.15) is 24.2 Å². The molecule has 2 N–H and O–H groups in total. The van der Waals surface area contributed by atoms with Gasteiger partial charge in [-0.3, -0.25) is 14.6 Å². The van der Waals surface area contributed by atoms with Crippen molar-refractivity contribution in [3.8, 4) is 0 Å². The molecular formula is C20H28ClFN6O. The fourth-order valence-electron chi connectivity index (χ4n) is 3.53. The summed E-state index contributed by atoms with van der Waals surface area (Å²) in [7, 11) is 3.60. The van der Waals surface area contributed by atoms with Crippen molar-refractivity contribution >= 4 is 17.6 Å². The fraction of sp³-hybridized carbons (Fsp3) is 0.500. The first-order valence-corrected chi connectivity index (χ1v) is 10.1. The summed E-state index contributed by atoms with van der Waals surface area (Å²) in [5.41, 5.74) is 1.53. The summed E-state index contributed by atoms with van der Waals surface area (Å²) in [6, 6.07) is 6.50. The number of rotatable bonds is 6. The molecule has 0 bridgehead atoms. The molecule has 3 rings (SSSR count). The van der Waals surface area contributed by atoms with Crippen LogP contribution in [-0.2, 0) is 18.3 Å². The Labute approximate surface area is 175 Å². The number of guanidine groups is 1. The molecule has 1 aromatic heterocycles. The van der Waals surface area contributed by atoms with Gasteiger partial charge in [0.1, 0.15) is 5.82 Å². The van der Waals surface area contributed by atoms with Crippen molar-refractivity contribution in [3.05, 3.63) is 52.6 Å². The molecule has 1 saturated heterocycles. The van der Waals surface area contributed by atoms with Gasteiger partial charge < -0.3 is 15.4 Å². The lowest BCUT2D eigenvalue weighted by molar-refractivity contribution is -0.0343. The Morgan fingerprint density at radius 3 is 2.90 bits per heavy atom. The molecule has 2 atom stereocenters. The highest BCUT2D eigenvalue weighted by atomic mass is 35.5. The monoisotopic (exact) mass is 422 g/mol. The standard InChI is InChI=1S/C20H28ClFN6O/c1-14-13-28(9-10-29-14)18(19-16(21)5-4-6-17(19)22)12-25-20(23-2)24-11-15-7-8-26-27(15)3/h4-8,14,18H,9-13H2,1-3H3,(H2,23,24,25). The molecule has 0 radical (unpaired) electrons. The summed E-state index contributed by atoms with van der Waals surface area (Å²) in [6.07, 6.45) is 1.84. The van der Waals surface area contributed by atoms with Crippen molar-refractivity contribution in [1.82, 2.24) is 25.3 Å². The molecule has 0 aliphatic carbocycles. The Bertz CT molecular complexity index is 822. The van der Waals surface area contributed by atoms with E-state index in [-0.39, 0.29) is 18.0 Å². The number of aliphatic imine (C=N–C) groups is 1. The lowest BCUT2D eigenvalue weighted by atomic mass is 10.0. The van der Waals surface area contributed by atoms with Crippen LogP contribution in [0, 0.1) is 5.82 Å². The molecular weight excluding hydrogens is 395 g/mol. The predicted octanol–water partition coefficient (Wildman–Crippen LogP) is 2.34. The maximum Gasteiger partial charge on any atom is 0.191 e. The van der Waals surface area contributed by atoms with Crippen molar-refractivity contribution in [2.24, 2.45) is 12.0 Å². The molecule has 0 spiro atoms. The molecule has 2 unspecified atom stereocenters. The van der Waals surface area contributed by atoms with E-state index in [0.29, 0.717) is 49.3 Å². The lowest BCUT2D eigenvalue weighted by Gasteiger charge is -2.38. The topological polar surface area (TPSA) is 66.7 Å². The van der Waals surface area contributed by atoms with E-state index in [1.165, 1.54) is 6.07 Å². The van der Waals surface area contributed by atoms with Crippen molar-refractivity contribution in [1.29, 1.82) is 0 Å². The minimum Gasteiger partial charge on any atom is -0.376 e. The van der Waals surface area contributed by atoms with E-state index in [4.69, 9.17) is 16.3 Å². The Hall–Kier alpha value is -2.16. The van der Waals surface area contributed by atoms with E-state index in [0.717, 1.165) is 5.69 Å². The summed E-state index contributed by atoms with van der Waals surface area (Å²) in [6.45, 7) is 5.08. The Balaban J connectivity index is 1.73. The zero-order chi connectivity index (χ0) is 20.8. The molecule has 158 valence electrons. The van der Waals surface area contributed by atoms with Gasteiger partial charge >= 0.3 is 0 Å². The first kappa shape index (κ1) is 21.5. The quantitative estimate of drug-likeness (QED) is 0.552. The van der Waals surface area contributed by atoms with E-state index >= 15 is 0 Å². The Morgan fingerprint density at radius 2 is 2.24 bits per heavy atom. The molecule has 1 aliphatic rings. The predicted molar refractivity (Wildman–Crippen MR) is 113 cm³/mol. The molecule has 7 nitrogen and oxygen atoms in total. The van der Waals surface area contributed by atoms with E-state index < -0.39 is 0 Å². The number of hydrogen-bond acceptors (Lipinski definition) is 4. The zero-order valence-electron chi connectivity index (χ0n) is 17.0. The summed E-state index contributed by atoms with van der Waals surface area (Å²) >= 11 is 6.39. The second-order valence-corrected chi connectivity index (χ2v) is 7.49. The molecule has 2 aromatic rings. The summed E-state index contributed by atoms with van der Waals surface area (Å²) in [5.74, 6) is 0.325. The van der Waals surface area contributed by atoms with Gasteiger partial charge in [0.2, 0.25) is 0 Å². The second kappa shape index (κ2) is 10.0. The van der Waals surface area contributed by atoms with Crippen LogP contribution in [0.3, 0.4) is 0 Å². The molecule has 2 heterocycles. The third-order valence-electron chi connectivity index (χ3n) is 5.09. The lowest BCUT2D eigenvalue weighted by Crippen LogP contribution is -2.48. The van der Waals surface area contributed by atoms with E-state index in [2.05, 4.69) is 25.6 Å². The first-order chi connectivity index (χ1) is 14.0. The Morgan fingerprint density at radius 1 is 1.41 bits per heavy atom. The van der Waals surface area contributed by atoms with Gasteiger partial charge in [-0.25, -0.2) is 4.39 Å². The maximum atomic E-state index is 14.7. The van der Waals surface area contributed by atoms with Crippen LogP contribution in [0.15, 0.2) is 35.5 Å². The second-order valence-electron chi connectivity index (χ2n) is 7.08. The highest BCUT2D eigenvalue weighted by molar-refractivity contribution is 6.31. The maximum absolute atomic E-state index is 14.7. The van der Waals surface area contributed by atoms with E-state index in [9.17, 15) is 4.39 Å². The van der Waals surface area contributed by atoms with Crippen LogP contribution in [0.25, 0.3) is 0 Å².